The molecule has 0 aliphatic heterocycles. The first-order chi connectivity index (χ1) is 13.0. The molecule has 0 spiro atoms. The number of carbonyl (C=O) groups is 2. The van der Waals surface area contributed by atoms with Gasteiger partial charge in [0.15, 0.2) is 0 Å². The molecule has 0 radical (unpaired) electrons. The second-order valence-corrected chi connectivity index (χ2v) is 7.41. The van der Waals surface area contributed by atoms with Gasteiger partial charge in [0.25, 0.3) is 0 Å². The summed E-state index contributed by atoms with van der Waals surface area (Å²) in [5, 5.41) is 13.5. The number of amidine groups is 1. The first-order valence-electron chi connectivity index (χ1n) is 9.79. The Morgan fingerprint density at radius 2 is 1.59 bits per heavy atom. The van der Waals surface area contributed by atoms with E-state index >= 15 is 0 Å². The molecule has 1 fully saturated rings. The standard InChI is InChI=1S/C21H28N4O2/c22-19(23)15-11-9-14(10-12-15)13-24-20(26)17-7-4-8-18(17)21(27)25-16-5-2-1-3-6-16/h9-12,16H,1-8,13H2,(H3,22,23)(H,24,26)(H,25,27). The number of amides is 2. The maximum absolute atomic E-state index is 12.6. The average molecular weight is 368 g/mol. The van der Waals surface area contributed by atoms with E-state index in [1.54, 1.807) is 12.1 Å². The number of carbonyl (C=O) groups excluding carboxylic acids is 2. The van der Waals surface area contributed by atoms with E-state index in [-0.39, 0.29) is 23.7 Å². The van der Waals surface area contributed by atoms with E-state index < -0.39 is 0 Å². The lowest BCUT2D eigenvalue weighted by molar-refractivity contribution is -0.120. The van der Waals surface area contributed by atoms with Crippen molar-refractivity contribution in [3.63, 3.8) is 0 Å². The molecule has 1 aromatic rings. The van der Waals surface area contributed by atoms with Crippen LogP contribution in [0.25, 0.3) is 0 Å². The summed E-state index contributed by atoms with van der Waals surface area (Å²) in [6.07, 6.45) is 7.84. The summed E-state index contributed by atoms with van der Waals surface area (Å²) in [4.78, 5) is 25.2. The molecule has 6 nitrogen and oxygen atoms in total. The fourth-order valence-electron chi connectivity index (χ4n) is 3.86. The van der Waals surface area contributed by atoms with Gasteiger partial charge in [0.1, 0.15) is 5.84 Å². The van der Waals surface area contributed by atoms with Crippen LogP contribution in [0.3, 0.4) is 0 Å². The highest BCUT2D eigenvalue weighted by Gasteiger charge is 2.27. The number of hydrogen-bond donors (Lipinski definition) is 4. The molecule has 0 aromatic heterocycles. The highest BCUT2D eigenvalue weighted by atomic mass is 16.2. The molecule has 2 amide bonds. The highest BCUT2D eigenvalue weighted by molar-refractivity contribution is 6.05. The van der Waals surface area contributed by atoms with Gasteiger partial charge in [-0.1, -0.05) is 43.5 Å². The number of nitrogens with two attached hydrogens (primary N) is 1. The Kier molecular flexibility index (Phi) is 6.27. The number of nitrogen functional groups attached to an aromatic ring is 1. The summed E-state index contributed by atoms with van der Waals surface area (Å²) < 4.78 is 0. The predicted molar refractivity (Wildman–Crippen MR) is 105 cm³/mol. The lowest BCUT2D eigenvalue weighted by Crippen LogP contribution is -2.37. The van der Waals surface area contributed by atoms with E-state index in [9.17, 15) is 9.59 Å². The molecular weight excluding hydrogens is 340 g/mol. The molecule has 0 bridgehead atoms. The Labute approximate surface area is 160 Å². The zero-order chi connectivity index (χ0) is 19.2. The van der Waals surface area contributed by atoms with Crippen molar-refractivity contribution in [2.24, 2.45) is 5.73 Å². The van der Waals surface area contributed by atoms with Crippen molar-refractivity contribution >= 4 is 17.6 Å². The summed E-state index contributed by atoms with van der Waals surface area (Å²) in [6.45, 7) is 0.387. The molecule has 2 aliphatic rings. The molecule has 3 rings (SSSR count). The second kappa shape index (κ2) is 8.84. The van der Waals surface area contributed by atoms with Gasteiger partial charge in [-0.3, -0.25) is 15.0 Å². The Bertz CT molecular complexity index is 746. The third kappa shape index (κ3) is 4.96. The van der Waals surface area contributed by atoms with Crippen LogP contribution in [0.4, 0.5) is 0 Å². The molecule has 27 heavy (non-hydrogen) atoms. The van der Waals surface area contributed by atoms with E-state index in [1.165, 1.54) is 19.3 Å². The minimum atomic E-state index is -0.156. The van der Waals surface area contributed by atoms with E-state index in [0.717, 1.165) is 24.8 Å². The van der Waals surface area contributed by atoms with Gasteiger partial charge in [0, 0.05) is 29.3 Å². The van der Waals surface area contributed by atoms with Crippen LogP contribution in [-0.4, -0.2) is 23.7 Å². The first-order valence-corrected chi connectivity index (χ1v) is 9.79. The van der Waals surface area contributed by atoms with Crippen molar-refractivity contribution in [1.82, 2.24) is 10.6 Å². The summed E-state index contributed by atoms with van der Waals surface area (Å²) in [6, 6.07) is 7.47. The Hall–Kier alpha value is -2.63. The topological polar surface area (TPSA) is 108 Å². The van der Waals surface area contributed by atoms with Crippen molar-refractivity contribution < 1.29 is 9.59 Å². The Morgan fingerprint density at radius 1 is 0.963 bits per heavy atom. The monoisotopic (exact) mass is 368 g/mol. The third-order valence-corrected chi connectivity index (χ3v) is 5.42. The van der Waals surface area contributed by atoms with Gasteiger partial charge in [-0.25, -0.2) is 0 Å². The maximum Gasteiger partial charge on any atom is 0.247 e. The molecule has 2 aliphatic carbocycles. The average Bonchev–Trinajstić information content (AvgIpc) is 3.17. The molecule has 0 atom stereocenters. The molecule has 144 valence electrons. The number of rotatable bonds is 6. The van der Waals surface area contributed by atoms with Crippen LogP contribution in [0.5, 0.6) is 0 Å². The summed E-state index contributed by atoms with van der Waals surface area (Å²) in [5.74, 6) is -0.192. The predicted octanol–water partition coefficient (Wildman–Crippen LogP) is 2.52. The van der Waals surface area contributed by atoms with E-state index in [4.69, 9.17) is 11.1 Å². The van der Waals surface area contributed by atoms with E-state index in [1.807, 2.05) is 12.1 Å². The fraction of sp³-hybridized carbons (Fsp3) is 0.476. The molecule has 1 aromatic carbocycles. The van der Waals surface area contributed by atoms with Crippen LogP contribution >= 0.6 is 0 Å². The van der Waals surface area contributed by atoms with Gasteiger partial charge in [0.05, 0.1) is 0 Å². The molecular formula is C21H28N4O2. The van der Waals surface area contributed by atoms with Crippen LogP contribution in [0, 0.1) is 5.41 Å². The zero-order valence-electron chi connectivity index (χ0n) is 15.6. The third-order valence-electron chi connectivity index (χ3n) is 5.42. The molecule has 6 heteroatoms. The van der Waals surface area contributed by atoms with Crippen molar-refractivity contribution in [3.8, 4) is 0 Å². The van der Waals surface area contributed by atoms with Crippen molar-refractivity contribution in [2.45, 2.75) is 64.0 Å². The zero-order valence-corrected chi connectivity index (χ0v) is 15.6. The summed E-state index contributed by atoms with van der Waals surface area (Å²) in [5.41, 5.74) is 8.32. The Balaban J connectivity index is 1.59. The molecule has 0 saturated heterocycles. The van der Waals surface area contributed by atoms with E-state index in [2.05, 4.69) is 10.6 Å². The maximum atomic E-state index is 12.6. The van der Waals surface area contributed by atoms with Crippen molar-refractivity contribution in [1.29, 1.82) is 5.41 Å². The summed E-state index contributed by atoms with van der Waals surface area (Å²) in [7, 11) is 0. The highest BCUT2D eigenvalue weighted by Crippen LogP contribution is 2.27. The SMILES string of the molecule is N=C(N)c1ccc(CNC(=O)C2=C(C(=O)NC3CCCCC3)CCC2)cc1. The van der Waals surface area contributed by atoms with Crippen LogP contribution in [0.1, 0.15) is 62.5 Å². The van der Waals surface area contributed by atoms with Crippen LogP contribution in [0.15, 0.2) is 35.4 Å². The fourth-order valence-corrected chi connectivity index (χ4v) is 3.86. The number of hydrogen-bond acceptors (Lipinski definition) is 3. The smallest absolute Gasteiger partial charge is 0.247 e. The number of nitrogens with one attached hydrogen (secondary N) is 3. The van der Waals surface area contributed by atoms with Gasteiger partial charge < -0.3 is 16.4 Å². The van der Waals surface area contributed by atoms with Gasteiger partial charge >= 0.3 is 0 Å². The van der Waals surface area contributed by atoms with E-state index in [0.29, 0.717) is 36.1 Å². The van der Waals surface area contributed by atoms with Gasteiger partial charge in [-0.05, 0) is 37.7 Å². The molecule has 0 heterocycles. The quantitative estimate of drug-likeness (QED) is 0.458. The number of benzene rings is 1. The summed E-state index contributed by atoms with van der Waals surface area (Å²) >= 11 is 0. The largest absolute Gasteiger partial charge is 0.384 e. The Morgan fingerprint density at radius 3 is 2.22 bits per heavy atom. The van der Waals surface area contributed by atoms with Crippen LogP contribution in [-0.2, 0) is 16.1 Å². The molecule has 5 N–H and O–H groups in total. The lowest BCUT2D eigenvalue weighted by Gasteiger charge is -2.23. The minimum Gasteiger partial charge on any atom is -0.384 e. The van der Waals surface area contributed by atoms with Gasteiger partial charge in [-0.15, -0.1) is 0 Å². The molecule has 1 saturated carbocycles. The minimum absolute atomic E-state index is 0.0234. The normalized spacial score (nSPS) is 17.6. The van der Waals surface area contributed by atoms with Crippen LogP contribution in [0.2, 0.25) is 0 Å². The van der Waals surface area contributed by atoms with Gasteiger partial charge in [0.2, 0.25) is 11.8 Å². The van der Waals surface area contributed by atoms with Crippen molar-refractivity contribution in [3.05, 3.63) is 46.5 Å². The van der Waals surface area contributed by atoms with Crippen LogP contribution < -0.4 is 16.4 Å². The molecule has 0 unspecified atom stereocenters. The second-order valence-electron chi connectivity index (χ2n) is 7.41. The first kappa shape index (κ1) is 19.1. The lowest BCUT2D eigenvalue weighted by atomic mass is 9.95. The van der Waals surface area contributed by atoms with Crippen molar-refractivity contribution in [2.75, 3.05) is 0 Å². The van der Waals surface area contributed by atoms with Gasteiger partial charge in [-0.2, -0.15) is 0 Å².